The van der Waals surface area contributed by atoms with Gasteiger partial charge >= 0.3 is 0 Å². The first-order valence-corrected chi connectivity index (χ1v) is 7.10. The molecule has 4 atom stereocenters. The van der Waals surface area contributed by atoms with Gasteiger partial charge in [0.2, 0.25) is 11.8 Å². The molecule has 0 aliphatic heterocycles. The number of carbonyl (C=O) groups excluding carboxylic acids is 2. The molecule has 0 aromatic carbocycles. The molecule has 110 valence electrons. The number of nitrogens with two attached hydrogens (primary N) is 1. The lowest BCUT2D eigenvalue weighted by Gasteiger charge is -2.35. The van der Waals surface area contributed by atoms with Gasteiger partial charge in [0, 0.05) is 26.7 Å². The lowest BCUT2D eigenvalue weighted by Crippen LogP contribution is -2.49. The van der Waals surface area contributed by atoms with E-state index in [1.807, 2.05) is 6.92 Å². The number of amides is 2. The number of nitrogens with zero attached hydrogens (tertiary/aromatic N) is 1. The van der Waals surface area contributed by atoms with E-state index >= 15 is 0 Å². The van der Waals surface area contributed by atoms with Crippen LogP contribution in [-0.4, -0.2) is 43.4 Å². The molecule has 1 saturated carbocycles. The Morgan fingerprint density at radius 1 is 1.42 bits per heavy atom. The van der Waals surface area contributed by atoms with Crippen LogP contribution in [0, 0.1) is 17.8 Å². The van der Waals surface area contributed by atoms with Gasteiger partial charge in [-0.3, -0.25) is 9.59 Å². The predicted molar refractivity (Wildman–Crippen MR) is 75.3 cm³/mol. The van der Waals surface area contributed by atoms with Crippen molar-refractivity contribution in [1.82, 2.24) is 10.2 Å². The second-order valence-corrected chi connectivity index (χ2v) is 5.83. The lowest BCUT2D eigenvalue weighted by atomic mass is 9.77. The summed E-state index contributed by atoms with van der Waals surface area (Å²) in [5.41, 5.74) is 6.15. The molecule has 5 nitrogen and oxygen atoms in total. The van der Waals surface area contributed by atoms with E-state index in [2.05, 4.69) is 12.2 Å². The minimum Gasteiger partial charge on any atom is -0.359 e. The molecular weight excluding hydrogens is 242 g/mol. The van der Waals surface area contributed by atoms with Crippen LogP contribution in [0.15, 0.2) is 0 Å². The Morgan fingerprint density at radius 2 is 2.05 bits per heavy atom. The van der Waals surface area contributed by atoms with E-state index in [1.54, 1.807) is 19.0 Å². The average Bonchev–Trinajstić information content (AvgIpc) is 2.39. The third kappa shape index (κ3) is 3.93. The van der Waals surface area contributed by atoms with Gasteiger partial charge in [-0.15, -0.1) is 0 Å². The van der Waals surface area contributed by atoms with Crippen LogP contribution in [0.2, 0.25) is 0 Å². The van der Waals surface area contributed by atoms with Crippen molar-refractivity contribution in [3.8, 4) is 0 Å². The van der Waals surface area contributed by atoms with E-state index in [4.69, 9.17) is 5.73 Å². The zero-order chi connectivity index (χ0) is 14.6. The highest BCUT2D eigenvalue weighted by atomic mass is 16.2. The molecule has 1 fully saturated rings. The summed E-state index contributed by atoms with van der Waals surface area (Å²) in [4.78, 5) is 25.6. The molecule has 0 aromatic heterocycles. The first-order valence-electron chi connectivity index (χ1n) is 7.10. The van der Waals surface area contributed by atoms with Gasteiger partial charge in [0.05, 0.1) is 11.8 Å². The maximum absolute atomic E-state index is 12.4. The number of hydrogen-bond acceptors (Lipinski definition) is 3. The van der Waals surface area contributed by atoms with Crippen LogP contribution in [-0.2, 0) is 9.59 Å². The SMILES string of the molecule is CNC(=O)C(C)CN(C)C(=O)C1CCCC(C)C1N. The molecule has 0 radical (unpaired) electrons. The van der Waals surface area contributed by atoms with Gasteiger partial charge in [-0.25, -0.2) is 0 Å². The molecular formula is C14H27N3O2. The minimum absolute atomic E-state index is 0.0408. The van der Waals surface area contributed by atoms with Crippen LogP contribution in [0.1, 0.15) is 33.1 Å². The van der Waals surface area contributed by atoms with Crippen molar-refractivity contribution < 1.29 is 9.59 Å². The van der Waals surface area contributed by atoms with Crippen molar-refractivity contribution in [2.45, 2.75) is 39.2 Å². The largest absolute Gasteiger partial charge is 0.359 e. The predicted octanol–water partition coefficient (Wildman–Crippen LogP) is 0.590. The monoisotopic (exact) mass is 269 g/mol. The summed E-state index contributed by atoms with van der Waals surface area (Å²) >= 11 is 0. The van der Waals surface area contributed by atoms with E-state index in [-0.39, 0.29) is 29.7 Å². The summed E-state index contributed by atoms with van der Waals surface area (Å²) in [6.07, 6.45) is 3.02. The molecule has 5 heteroatoms. The van der Waals surface area contributed by atoms with Gasteiger partial charge in [0.1, 0.15) is 0 Å². The Bertz CT molecular complexity index is 333. The number of nitrogens with one attached hydrogen (secondary N) is 1. The summed E-state index contributed by atoms with van der Waals surface area (Å²) in [6, 6.07) is -0.0565. The second kappa shape index (κ2) is 6.89. The highest BCUT2D eigenvalue weighted by Gasteiger charge is 2.34. The van der Waals surface area contributed by atoms with Crippen LogP contribution in [0.5, 0.6) is 0 Å². The van der Waals surface area contributed by atoms with E-state index in [0.29, 0.717) is 12.5 Å². The van der Waals surface area contributed by atoms with Crippen molar-refractivity contribution in [3.63, 3.8) is 0 Å². The number of rotatable bonds is 4. The summed E-state index contributed by atoms with van der Waals surface area (Å²) in [6.45, 7) is 4.37. The second-order valence-electron chi connectivity index (χ2n) is 5.83. The van der Waals surface area contributed by atoms with Crippen molar-refractivity contribution in [2.75, 3.05) is 20.6 Å². The molecule has 0 aromatic rings. The van der Waals surface area contributed by atoms with Gasteiger partial charge in [0.15, 0.2) is 0 Å². The number of hydrogen-bond donors (Lipinski definition) is 2. The summed E-state index contributed by atoms with van der Waals surface area (Å²) in [5.74, 6) is 0.144. The molecule has 19 heavy (non-hydrogen) atoms. The molecule has 0 saturated heterocycles. The molecule has 2 amide bonds. The molecule has 4 unspecified atom stereocenters. The highest BCUT2D eigenvalue weighted by Crippen LogP contribution is 2.29. The molecule has 0 spiro atoms. The fraction of sp³-hybridized carbons (Fsp3) is 0.857. The first-order chi connectivity index (χ1) is 8.88. The van der Waals surface area contributed by atoms with Crippen LogP contribution in [0.25, 0.3) is 0 Å². The van der Waals surface area contributed by atoms with Crippen LogP contribution < -0.4 is 11.1 Å². The zero-order valence-corrected chi connectivity index (χ0v) is 12.5. The third-order valence-corrected chi connectivity index (χ3v) is 4.23. The minimum atomic E-state index is -0.198. The van der Waals surface area contributed by atoms with Gasteiger partial charge in [-0.1, -0.05) is 20.3 Å². The van der Waals surface area contributed by atoms with E-state index < -0.39 is 0 Å². The van der Waals surface area contributed by atoms with Crippen molar-refractivity contribution in [2.24, 2.45) is 23.5 Å². The Labute approximate surface area is 115 Å². The molecule has 1 rings (SSSR count). The molecule has 0 heterocycles. The Balaban J connectivity index is 2.58. The van der Waals surface area contributed by atoms with Crippen molar-refractivity contribution in [3.05, 3.63) is 0 Å². The van der Waals surface area contributed by atoms with Gasteiger partial charge in [0.25, 0.3) is 0 Å². The first kappa shape index (κ1) is 16.0. The molecule has 1 aliphatic carbocycles. The van der Waals surface area contributed by atoms with Crippen LogP contribution in [0.3, 0.4) is 0 Å². The maximum Gasteiger partial charge on any atom is 0.227 e. The van der Waals surface area contributed by atoms with E-state index in [9.17, 15) is 9.59 Å². The van der Waals surface area contributed by atoms with E-state index in [0.717, 1.165) is 19.3 Å². The van der Waals surface area contributed by atoms with Crippen LogP contribution in [0.4, 0.5) is 0 Å². The smallest absolute Gasteiger partial charge is 0.227 e. The van der Waals surface area contributed by atoms with Gasteiger partial charge in [-0.05, 0) is 18.8 Å². The topological polar surface area (TPSA) is 75.4 Å². The van der Waals surface area contributed by atoms with Crippen molar-refractivity contribution >= 4 is 11.8 Å². The Morgan fingerprint density at radius 3 is 2.63 bits per heavy atom. The molecule has 0 bridgehead atoms. The van der Waals surface area contributed by atoms with Gasteiger partial charge < -0.3 is 16.0 Å². The summed E-state index contributed by atoms with van der Waals surface area (Å²) < 4.78 is 0. The third-order valence-electron chi connectivity index (χ3n) is 4.23. The molecule has 1 aliphatic rings. The molecule has 3 N–H and O–H groups in total. The fourth-order valence-electron chi connectivity index (χ4n) is 2.84. The van der Waals surface area contributed by atoms with Crippen molar-refractivity contribution in [1.29, 1.82) is 0 Å². The summed E-state index contributed by atoms with van der Waals surface area (Å²) in [5, 5.41) is 2.60. The van der Waals surface area contributed by atoms with Crippen LogP contribution >= 0.6 is 0 Å². The maximum atomic E-state index is 12.4. The Hall–Kier alpha value is -1.10. The highest BCUT2D eigenvalue weighted by molar-refractivity contribution is 5.82. The number of carbonyl (C=O) groups is 2. The average molecular weight is 269 g/mol. The fourth-order valence-corrected chi connectivity index (χ4v) is 2.84. The van der Waals surface area contributed by atoms with Gasteiger partial charge in [-0.2, -0.15) is 0 Å². The van der Waals surface area contributed by atoms with E-state index in [1.165, 1.54) is 0 Å². The summed E-state index contributed by atoms with van der Waals surface area (Å²) in [7, 11) is 3.37. The Kier molecular flexibility index (Phi) is 5.79. The lowest BCUT2D eigenvalue weighted by molar-refractivity contribution is -0.137. The normalized spacial score (nSPS) is 28.6. The quantitative estimate of drug-likeness (QED) is 0.784. The zero-order valence-electron chi connectivity index (χ0n) is 12.5. The standard InChI is InChI=1S/C14H27N3O2/c1-9-6-5-7-11(12(9)15)14(19)17(4)8-10(2)13(18)16-3/h9-12H,5-8,15H2,1-4H3,(H,16,18).